The summed E-state index contributed by atoms with van der Waals surface area (Å²) in [6.45, 7) is 6.36. The molecule has 2 atom stereocenters. The van der Waals surface area contributed by atoms with E-state index in [4.69, 9.17) is 4.74 Å². The Balaban J connectivity index is 1.62. The Labute approximate surface area is 137 Å². The van der Waals surface area contributed by atoms with E-state index in [1.165, 1.54) is 5.56 Å². The molecule has 0 saturated heterocycles. The lowest BCUT2D eigenvalue weighted by Gasteiger charge is -2.18. The van der Waals surface area contributed by atoms with Crippen LogP contribution in [-0.2, 0) is 11.2 Å². The van der Waals surface area contributed by atoms with E-state index in [-0.39, 0.29) is 11.9 Å². The predicted molar refractivity (Wildman–Crippen MR) is 91.7 cm³/mol. The molecule has 3 nitrogen and oxygen atoms in total. The molecule has 1 aliphatic rings. The molecule has 2 aromatic rings. The van der Waals surface area contributed by atoms with Gasteiger partial charge in [-0.05, 0) is 35.6 Å². The summed E-state index contributed by atoms with van der Waals surface area (Å²) in [5, 5.41) is 3.06. The molecule has 0 saturated carbocycles. The number of hydrogen-bond donors (Lipinski definition) is 1. The van der Waals surface area contributed by atoms with E-state index in [0.717, 1.165) is 16.9 Å². The molecular formula is C20H23NO2. The minimum atomic E-state index is -0.426. The van der Waals surface area contributed by atoms with Gasteiger partial charge in [-0.15, -0.1) is 0 Å². The molecule has 23 heavy (non-hydrogen) atoms. The molecule has 3 rings (SSSR count). The van der Waals surface area contributed by atoms with Gasteiger partial charge < -0.3 is 10.1 Å². The van der Waals surface area contributed by atoms with Crippen molar-refractivity contribution in [3.8, 4) is 5.75 Å². The minimum Gasteiger partial charge on any atom is -0.480 e. The summed E-state index contributed by atoms with van der Waals surface area (Å²) >= 11 is 0. The Kier molecular flexibility index (Phi) is 4.37. The van der Waals surface area contributed by atoms with Gasteiger partial charge in [0.15, 0.2) is 6.10 Å². The van der Waals surface area contributed by atoms with Crippen LogP contribution in [0.15, 0.2) is 48.5 Å². The Bertz CT molecular complexity index is 666. The van der Waals surface area contributed by atoms with Crippen LogP contribution in [0, 0.1) is 0 Å². The van der Waals surface area contributed by atoms with Crippen molar-refractivity contribution < 1.29 is 9.53 Å². The number of rotatable bonds is 4. The van der Waals surface area contributed by atoms with Crippen molar-refractivity contribution in [1.82, 2.24) is 5.32 Å². The van der Waals surface area contributed by atoms with Gasteiger partial charge >= 0.3 is 0 Å². The highest BCUT2D eigenvalue weighted by molar-refractivity contribution is 5.82. The lowest BCUT2D eigenvalue weighted by Crippen LogP contribution is -2.38. The van der Waals surface area contributed by atoms with Crippen LogP contribution in [0.3, 0.4) is 0 Å². The third kappa shape index (κ3) is 3.39. The van der Waals surface area contributed by atoms with Crippen LogP contribution >= 0.6 is 0 Å². The number of carbonyl (C=O) groups excluding carboxylic acids is 1. The lowest BCUT2D eigenvalue weighted by atomic mass is 9.99. The monoisotopic (exact) mass is 309 g/mol. The average molecular weight is 309 g/mol. The molecule has 0 radical (unpaired) electrons. The molecule has 1 N–H and O–H groups in total. The Morgan fingerprint density at radius 1 is 1.04 bits per heavy atom. The van der Waals surface area contributed by atoms with Gasteiger partial charge in [0.25, 0.3) is 5.91 Å². The van der Waals surface area contributed by atoms with Gasteiger partial charge in [-0.2, -0.15) is 0 Å². The van der Waals surface area contributed by atoms with Crippen LogP contribution in [0.4, 0.5) is 0 Å². The summed E-state index contributed by atoms with van der Waals surface area (Å²) < 4.78 is 5.74. The molecular weight excluding hydrogens is 286 g/mol. The summed E-state index contributed by atoms with van der Waals surface area (Å²) in [6, 6.07) is 16.2. The fourth-order valence-corrected chi connectivity index (χ4v) is 2.89. The highest BCUT2D eigenvalue weighted by Crippen LogP contribution is 2.28. The van der Waals surface area contributed by atoms with E-state index in [9.17, 15) is 4.79 Å². The highest BCUT2D eigenvalue weighted by atomic mass is 16.5. The molecule has 2 aromatic carbocycles. The molecule has 120 valence electrons. The third-order valence-electron chi connectivity index (χ3n) is 4.40. The summed E-state index contributed by atoms with van der Waals surface area (Å²) in [4.78, 5) is 12.4. The molecule has 0 unspecified atom stereocenters. The van der Waals surface area contributed by atoms with E-state index in [2.05, 4.69) is 43.4 Å². The fourth-order valence-electron chi connectivity index (χ4n) is 2.89. The van der Waals surface area contributed by atoms with Crippen LogP contribution in [0.5, 0.6) is 5.75 Å². The van der Waals surface area contributed by atoms with Gasteiger partial charge in [0.2, 0.25) is 0 Å². The van der Waals surface area contributed by atoms with Gasteiger partial charge in [0.1, 0.15) is 5.75 Å². The molecule has 1 amide bonds. The molecule has 0 aliphatic carbocycles. The van der Waals surface area contributed by atoms with E-state index >= 15 is 0 Å². The van der Waals surface area contributed by atoms with Crippen LogP contribution in [0.25, 0.3) is 0 Å². The summed E-state index contributed by atoms with van der Waals surface area (Å²) in [5.74, 6) is 1.28. The van der Waals surface area contributed by atoms with Crippen LogP contribution in [0.2, 0.25) is 0 Å². The van der Waals surface area contributed by atoms with Crippen LogP contribution < -0.4 is 10.1 Å². The van der Waals surface area contributed by atoms with Crippen LogP contribution in [-0.4, -0.2) is 12.0 Å². The zero-order valence-corrected chi connectivity index (χ0v) is 13.9. The summed E-state index contributed by atoms with van der Waals surface area (Å²) in [7, 11) is 0. The summed E-state index contributed by atoms with van der Waals surface area (Å²) in [6.07, 6.45) is 0.214. The molecule has 1 heterocycles. The smallest absolute Gasteiger partial charge is 0.261 e. The zero-order chi connectivity index (χ0) is 16.4. The number of benzene rings is 2. The van der Waals surface area contributed by atoms with E-state index in [0.29, 0.717) is 12.3 Å². The molecule has 0 fully saturated rings. The molecule has 1 aliphatic heterocycles. The minimum absolute atomic E-state index is 0.0315. The summed E-state index contributed by atoms with van der Waals surface area (Å²) in [5.41, 5.74) is 3.52. The first-order valence-electron chi connectivity index (χ1n) is 8.19. The number of fused-ring (bicyclic) bond motifs is 1. The maximum absolute atomic E-state index is 12.4. The first-order chi connectivity index (χ1) is 11.0. The second-order valence-corrected chi connectivity index (χ2v) is 6.47. The Morgan fingerprint density at radius 2 is 1.70 bits per heavy atom. The Hall–Kier alpha value is -2.29. The van der Waals surface area contributed by atoms with E-state index < -0.39 is 6.10 Å². The quantitative estimate of drug-likeness (QED) is 0.927. The van der Waals surface area contributed by atoms with Gasteiger partial charge in [0.05, 0.1) is 6.04 Å². The van der Waals surface area contributed by atoms with E-state index in [1.54, 1.807) is 0 Å². The van der Waals surface area contributed by atoms with Crippen molar-refractivity contribution >= 4 is 5.91 Å². The number of amides is 1. The van der Waals surface area contributed by atoms with Crippen molar-refractivity contribution in [3.05, 3.63) is 65.2 Å². The SMILES string of the molecule is CC(C)c1ccc([C@@H](C)NC(=O)[C@H]2Cc3ccccc3O2)cc1. The van der Waals surface area contributed by atoms with E-state index in [1.807, 2.05) is 31.2 Å². The van der Waals surface area contributed by atoms with Gasteiger partial charge in [-0.3, -0.25) is 4.79 Å². The molecule has 0 bridgehead atoms. The topological polar surface area (TPSA) is 38.3 Å². The fraction of sp³-hybridized carbons (Fsp3) is 0.350. The second-order valence-electron chi connectivity index (χ2n) is 6.47. The van der Waals surface area contributed by atoms with Crippen molar-refractivity contribution in [2.75, 3.05) is 0 Å². The number of hydrogen-bond acceptors (Lipinski definition) is 2. The van der Waals surface area contributed by atoms with Crippen molar-refractivity contribution in [2.45, 2.75) is 45.3 Å². The van der Waals surface area contributed by atoms with Crippen molar-refractivity contribution in [1.29, 1.82) is 0 Å². The maximum Gasteiger partial charge on any atom is 0.261 e. The zero-order valence-electron chi connectivity index (χ0n) is 13.9. The standard InChI is InChI=1S/C20H23NO2/c1-13(2)15-8-10-16(11-9-15)14(3)21-20(22)19-12-17-6-4-5-7-18(17)23-19/h4-11,13-14,19H,12H2,1-3H3,(H,21,22)/t14-,19-/m1/s1. The first kappa shape index (κ1) is 15.6. The number of ether oxygens (including phenoxy) is 1. The highest BCUT2D eigenvalue weighted by Gasteiger charge is 2.29. The molecule has 0 spiro atoms. The maximum atomic E-state index is 12.4. The number of nitrogens with one attached hydrogen (secondary N) is 1. The third-order valence-corrected chi connectivity index (χ3v) is 4.40. The van der Waals surface area contributed by atoms with Crippen LogP contribution in [0.1, 0.15) is 49.4 Å². The second kappa shape index (κ2) is 6.45. The normalized spacial score (nSPS) is 17.5. The van der Waals surface area contributed by atoms with Crippen molar-refractivity contribution in [3.63, 3.8) is 0 Å². The predicted octanol–water partition coefficient (Wildman–Crippen LogP) is 3.99. The lowest BCUT2D eigenvalue weighted by molar-refractivity contribution is -0.127. The largest absolute Gasteiger partial charge is 0.480 e. The van der Waals surface area contributed by atoms with Gasteiger partial charge in [0, 0.05) is 6.42 Å². The first-order valence-corrected chi connectivity index (χ1v) is 8.19. The van der Waals surface area contributed by atoms with Crippen molar-refractivity contribution in [2.24, 2.45) is 0 Å². The van der Waals surface area contributed by atoms with Gasteiger partial charge in [-0.25, -0.2) is 0 Å². The van der Waals surface area contributed by atoms with Gasteiger partial charge in [-0.1, -0.05) is 56.3 Å². The molecule has 0 aromatic heterocycles. The Morgan fingerprint density at radius 3 is 2.35 bits per heavy atom. The number of carbonyl (C=O) groups is 1. The number of para-hydroxylation sites is 1. The molecule has 3 heteroatoms. The average Bonchev–Trinajstić information content (AvgIpc) is 2.99.